The van der Waals surface area contributed by atoms with E-state index in [0.717, 1.165) is 18.4 Å². The highest BCUT2D eigenvalue weighted by molar-refractivity contribution is 7.88. The van der Waals surface area contributed by atoms with E-state index in [1.165, 1.54) is 10.4 Å². The van der Waals surface area contributed by atoms with Crippen molar-refractivity contribution in [3.8, 4) is 0 Å². The Bertz CT molecular complexity index is 836. The number of hydrogen-bond acceptors (Lipinski definition) is 5. The van der Waals surface area contributed by atoms with E-state index < -0.39 is 27.8 Å². The molecule has 0 spiro atoms. The molecule has 3 rings (SSSR count). The number of oxime groups is 1. The smallest absolute Gasteiger partial charge is 0.226 e. The van der Waals surface area contributed by atoms with Crippen molar-refractivity contribution in [1.82, 2.24) is 9.21 Å². The van der Waals surface area contributed by atoms with Gasteiger partial charge < -0.3 is 9.74 Å². The number of sulfonamides is 1. The monoisotopic (exact) mass is 387 g/mol. The SMILES string of the molecule is CS(=O)(=O)N1CCN(C(=O)C[C@H]2CC(c3ccc(F)cc3F)=NO2)CC1. The van der Waals surface area contributed by atoms with Crippen LogP contribution in [-0.4, -0.2) is 67.8 Å². The molecular weight excluding hydrogens is 368 g/mol. The van der Waals surface area contributed by atoms with E-state index in [1.54, 1.807) is 4.90 Å². The number of piperazine rings is 1. The first-order valence-corrected chi connectivity index (χ1v) is 10.00. The lowest BCUT2D eigenvalue weighted by molar-refractivity contribution is -0.135. The predicted octanol–water partition coefficient (Wildman–Crippen LogP) is 0.952. The summed E-state index contributed by atoms with van der Waals surface area (Å²) >= 11 is 0. The van der Waals surface area contributed by atoms with Crippen LogP contribution in [0.3, 0.4) is 0 Å². The van der Waals surface area contributed by atoms with Crippen molar-refractivity contribution in [2.24, 2.45) is 5.16 Å². The van der Waals surface area contributed by atoms with E-state index in [-0.39, 0.29) is 37.4 Å². The van der Waals surface area contributed by atoms with Crippen LogP contribution in [0.1, 0.15) is 18.4 Å². The number of amides is 1. The summed E-state index contributed by atoms with van der Waals surface area (Å²) < 4.78 is 51.1. The first-order valence-electron chi connectivity index (χ1n) is 8.15. The highest BCUT2D eigenvalue weighted by Crippen LogP contribution is 2.22. The second kappa shape index (κ2) is 7.28. The van der Waals surface area contributed by atoms with Crippen LogP contribution in [0.15, 0.2) is 23.4 Å². The zero-order valence-electron chi connectivity index (χ0n) is 14.2. The van der Waals surface area contributed by atoms with Crippen molar-refractivity contribution in [3.63, 3.8) is 0 Å². The molecule has 1 aromatic rings. The van der Waals surface area contributed by atoms with Crippen molar-refractivity contribution in [2.45, 2.75) is 18.9 Å². The Kier molecular flexibility index (Phi) is 5.24. The Morgan fingerprint density at radius 2 is 1.96 bits per heavy atom. The van der Waals surface area contributed by atoms with Gasteiger partial charge >= 0.3 is 0 Å². The predicted molar refractivity (Wildman–Crippen MR) is 90.0 cm³/mol. The van der Waals surface area contributed by atoms with E-state index in [2.05, 4.69) is 5.16 Å². The molecule has 0 aliphatic carbocycles. The number of carbonyl (C=O) groups excluding carboxylic acids is 1. The lowest BCUT2D eigenvalue weighted by atomic mass is 10.0. The summed E-state index contributed by atoms with van der Waals surface area (Å²) in [5.74, 6) is -1.57. The highest BCUT2D eigenvalue weighted by atomic mass is 32.2. The molecule has 1 amide bonds. The third-order valence-corrected chi connectivity index (χ3v) is 5.74. The third kappa shape index (κ3) is 4.18. The quantitative estimate of drug-likeness (QED) is 0.771. The first kappa shape index (κ1) is 18.7. The maximum Gasteiger partial charge on any atom is 0.226 e. The van der Waals surface area contributed by atoms with Crippen molar-refractivity contribution < 1.29 is 26.8 Å². The van der Waals surface area contributed by atoms with E-state index in [9.17, 15) is 22.0 Å². The molecule has 2 aliphatic rings. The molecule has 0 radical (unpaired) electrons. The molecule has 0 N–H and O–H groups in total. The largest absolute Gasteiger partial charge is 0.391 e. The van der Waals surface area contributed by atoms with Gasteiger partial charge in [0.05, 0.1) is 18.4 Å². The van der Waals surface area contributed by atoms with Crippen LogP contribution < -0.4 is 0 Å². The number of nitrogens with zero attached hydrogens (tertiary/aromatic N) is 3. The molecule has 0 bridgehead atoms. The molecule has 26 heavy (non-hydrogen) atoms. The van der Waals surface area contributed by atoms with Gasteiger partial charge in [-0.05, 0) is 12.1 Å². The van der Waals surface area contributed by atoms with Crippen molar-refractivity contribution in [3.05, 3.63) is 35.4 Å². The summed E-state index contributed by atoms with van der Waals surface area (Å²) in [7, 11) is -3.25. The Morgan fingerprint density at radius 3 is 2.58 bits per heavy atom. The Morgan fingerprint density at radius 1 is 1.27 bits per heavy atom. The fourth-order valence-electron chi connectivity index (χ4n) is 3.01. The molecule has 1 fully saturated rings. The minimum atomic E-state index is -3.25. The van der Waals surface area contributed by atoms with Gasteiger partial charge in [-0.25, -0.2) is 17.2 Å². The maximum absolute atomic E-state index is 13.8. The van der Waals surface area contributed by atoms with Crippen LogP contribution in [0.2, 0.25) is 0 Å². The molecule has 0 unspecified atom stereocenters. The number of hydrogen-bond donors (Lipinski definition) is 0. The van der Waals surface area contributed by atoms with Crippen molar-refractivity contribution in [1.29, 1.82) is 0 Å². The van der Waals surface area contributed by atoms with Crippen LogP contribution in [0, 0.1) is 11.6 Å². The average molecular weight is 387 g/mol. The minimum Gasteiger partial charge on any atom is -0.391 e. The zero-order valence-corrected chi connectivity index (χ0v) is 15.0. The van der Waals surface area contributed by atoms with Gasteiger partial charge in [-0.1, -0.05) is 5.16 Å². The van der Waals surface area contributed by atoms with Gasteiger partial charge in [0.15, 0.2) is 0 Å². The fourth-order valence-corrected chi connectivity index (χ4v) is 3.84. The van der Waals surface area contributed by atoms with Gasteiger partial charge in [-0.3, -0.25) is 4.79 Å². The van der Waals surface area contributed by atoms with Crippen LogP contribution in [-0.2, 0) is 19.7 Å². The fraction of sp³-hybridized carbons (Fsp3) is 0.500. The van der Waals surface area contributed by atoms with Gasteiger partial charge in [0.2, 0.25) is 15.9 Å². The van der Waals surface area contributed by atoms with E-state index in [0.29, 0.717) is 18.8 Å². The average Bonchev–Trinajstić information content (AvgIpc) is 3.02. The summed E-state index contributed by atoms with van der Waals surface area (Å²) in [5, 5.41) is 3.82. The highest BCUT2D eigenvalue weighted by Gasteiger charge is 2.31. The maximum atomic E-state index is 13.8. The topological polar surface area (TPSA) is 79.3 Å². The molecular formula is C16H19F2N3O4S. The molecule has 0 saturated carbocycles. The molecule has 2 aliphatic heterocycles. The Balaban J connectivity index is 1.53. The zero-order chi connectivity index (χ0) is 18.9. The standard InChI is InChI=1S/C16H19F2N3O4S/c1-26(23,24)21-6-4-20(5-7-21)16(22)10-12-9-15(19-25-12)13-3-2-11(17)8-14(13)18/h2-3,8,12H,4-7,9-10H2,1H3/t12-/m1/s1. The van der Waals surface area contributed by atoms with Gasteiger partial charge in [-0.15, -0.1) is 0 Å². The Labute approximate surface area is 150 Å². The normalized spacial score (nSPS) is 21.4. The van der Waals surface area contributed by atoms with E-state index >= 15 is 0 Å². The van der Waals surface area contributed by atoms with Crippen molar-refractivity contribution in [2.75, 3.05) is 32.4 Å². The first-order chi connectivity index (χ1) is 12.2. The molecule has 1 atom stereocenters. The number of rotatable bonds is 4. The summed E-state index contributed by atoms with van der Waals surface area (Å²) in [4.78, 5) is 19.2. The van der Waals surface area contributed by atoms with E-state index in [4.69, 9.17) is 4.84 Å². The van der Waals surface area contributed by atoms with Gasteiger partial charge in [0.1, 0.15) is 17.7 Å². The second-order valence-corrected chi connectivity index (χ2v) is 8.32. The number of halogens is 2. The van der Waals surface area contributed by atoms with Crippen LogP contribution in [0.4, 0.5) is 8.78 Å². The lowest BCUT2D eigenvalue weighted by Gasteiger charge is -2.33. The molecule has 1 aromatic carbocycles. The molecule has 142 valence electrons. The second-order valence-electron chi connectivity index (χ2n) is 6.34. The van der Waals surface area contributed by atoms with Crippen LogP contribution >= 0.6 is 0 Å². The number of benzene rings is 1. The Hall–Kier alpha value is -2.07. The molecule has 10 heteroatoms. The third-order valence-electron chi connectivity index (χ3n) is 4.44. The molecule has 2 heterocycles. The van der Waals surface area contributed by atoms with Crippen molar-refractivity contribution >= 4 is 21.6 Å². The van der Waals surface area contributed by atoms with Gasteiger partial charge in [-0.2, -0.15) is 4.31 Å². The molecule has 7 nitrogen and oxygen atoms in total. The van der Waals surface area contributed by atoms with Gasteiger partial charge in [0.25, 0.3) is 0 Å². The summed E-state index contributed by atoms with van der Waals surface area (Å²) in [6.45, 7) is 1.16. The lowest BCUT2D eigenvalue weighted by Crippen LogP contribution is -2.50. The van der Waals surface area contributed by atoms with Crippen LogP contribution in [0.5, 0.6) is 0 Å². The molecule has 0 aromatic heterocycles. The summed E-state index contributed by atoms with van der Waals surface area (Å²) in [5.41, 5.74) is 0.491. The number of carbonyl (C=O) groups is 1. The van der Waals surface area contributed by atoms with E-state index in [1.807, 2.05) is 0 Å². The van der Waals surface area contributed by atoms with Gasteiger partial charge in [0, 0.05) is 44.2 Å². The summed E-state index contributed by atoms with van der Waals surface area (Å²) in [6.07, 6.45) is 0.936. The minimum absolute atomic E-state index is 0.0642. The summed E-state index contributed by atoms with van der Waals surface area (Å²) in [6, 6.07) is 3.21. The molecule has 1 saturated heterocycles. The van der Waals surface area contributed by atoms with Crippen LogP contribution in [0.25, 0.3) is 0 Å².